The van der Waals surface area contributed by atoms with E-state index in [9.17, 15) is 4.79 Å². The van der Waals surface area contributed by atoms with Crippen molar-refractivity contribution in [2.45, 2.75) is 39.0 Å². The number of ether oxygens (including phenoxy) is 1. The van der Waals surface area contributed by atoms with Crippen molar-refractivity contribution in [3.8, 4) is 0 Å². The highest BCUT2D eigenvalue weighted by Crippen LogP contribution is 2.19. The fourth-order valence-electron chi connectivity index (χ4n) is 3.17. The average molecular weight is 338 g/mol. The zero-order valence-corrected chi connectivity index (χ0v) is 14.8. The first-order valence-electron chi connectivity index (χ1n) is 8.92. The molecule has 0 aliphatic carbocycles. The molecule has 2 aromatic carbocycles. The SMILES string of the molecule is Cc1ccccc1COC1CCN(C(=O)c2ccc(CN)cc2)CC1. The second-order valence-electron chi connectivity index (χ2n) is 6.63. The highest BCUT2D eigenvalue weighted by molar-refractivity contribution is 5.94. The molecule has 1 heterocycles. The minimum Gasteiger partial charge on any atom is -0.373 e. The Morgan fingerprint density at radius 3 is 2.44 bits per heavy atom. The van der Waals surface area contributed by atoms with Gasteiger partial charge >= 0.3 is 0 Å². The van der Waals surface area contributed by atoms with Gasteiger partial charge in [0.2, 0.25) is 0 Å². The van der Waals surface area contributed by atoms with Crippen molar-refractivity contribution in [3.63, 3.8) is 0 Å². The molecule has 1 aliphatic rings. The molecule has 0 bridgehead atoms. The van der Waals surface area contributed by atoms with E-state index in [4.69, 9.17) is 10.5 Å². The molecule has 1 saturated heterocycles. The molecule has 1 fully saturated rings. The number of nitrogens with zero attached hydrogens (tertiary/aromatic N) is 1. The number of rotatable bonds is 5. The van der Waals surface area contributed by atoms with E-state index in [-0.39, 0.29) is 12.0 Å². The van der Waals surface area contributed by atoms with Gasteiger partial charge in [0.05, 0.1) is 12.7 Å². The maximum absolute atomic E-state index is 12.6. The van der Waals surface area contributed by atoms with Crippen molar-refractivity contribution in [2.75, 3.05) is 13.1 Å². The summed E-state index contributed by atoms with van der Waals surface area (Å²) in [4.78, 5) is 14.5. The second-order valence-corrected chi connectivity index (χ2v) is 6.63. The summed E-state index contributed by atoms with van der Waals surface area (Å²) in [7, 11) is 0. The summed E-state index contributed by atoms with van der Waals surface area (Å²) < 4.78 is 6.06. The summed E-state index contributed by atoms with van der Waals surface area (Å²) in [6.07, 6.45) is 2.00. The maximum Gasteiger partial charge on any atom is 0.253 e. The summed E-state index contributed by atoms with van der Waals surface area (Å²) >= 11 is 0. The predicted molar refractivity (Wildman–Crippen MR) is 99.2 cm³/mol. The summed E-state index contributed by atoms with van der Waals surface area (Å²) in [5.74, 6) is 0.0981. The van der Waals surface area contributed by atoms with Crippen LogP contribution in [0.5, 0.6) is 0 Å². The minimum absolute atomic E-state index is 0.0981. The third-order valence-electron chi connectivity index (χ3n) is 4.90. The highest BCUT2D eigenvalue weighted by atomic mass is 16.5. The van der Waals surface area contributed by atoms with E-state index in [2.05, 4.69) is 19.1 Å². The number of aryl methyl sites for hydroxylation is 1. The zero-order valence-electron chi connectivity index (χ0n) is 14.8. The van der Waals surface area contributed by atoms with E-state index in [0.717, 1.165) is 37.1 Å². The lowest BCUT2D eigenvalue weighted by atomic mass is 10.0. The fourth-order valence-corrected chi connectivity index (χ4v) is 3.17. The summed E-state index contributed by atoms with van der Waals surface area (Å²) in [6.45, 7) is 4.74. The first kappa shape index (κ1) is 17.6. The molecule has 4 nitrogen and oxygen atoms in total. The van der Waals surface area contributed by atoms with Crippen LogP contribution in [-0.4, -0.2) is 30.0 Å². The Kier molecular flexibility index (Phi) is 5.84. The van der Waals surface area contributed by atoms with Crippen LogP contribution >= 0.6 is 0 Å². The first-order valence-corrected chi connectivity index (χ1v) is 8.92. The Morgan fingerprint density at radius 1 is 1.12 bits per heavy atom. The van der Waals surface area contributed by atoms with E-state index in [1.165, 1.54) is 11.1 Å². The van der Waals surface area contributed by atoms with Gasteiger partial charge in [-0.15, -0.1) is 0 Å². The molecule has 0 spiro atoms. The Labute approximate surface area is 149 Å². The molecule has 132 valence electrons. The molecular formula is C21H26N2O2. The van der Waals surface area contributed by atoms with Crippen LogP contribution in [0.3, 0.4) is 0 Å². The standard InChI is InChI=1S/C21H26N2O2/c1-16-4-2-3-5-19(16)15-25-20-10-12-23(13-11-20)21(24)18-8-6-17(14-22)7-9-18/h2-9,20H,10-15,22H2,1H3. The summed E-state index contributed by atoms with van der Waals surface area (Å²) in [5.41, 5.74) is 9.88. The van der Waals surface area contributed by atoms with Gasteiger partial charge in [-0.2, -0.15) is 0 Å². The van der Waals surface area contributed by atoms with Crippen molar-refractivity contribution in [2.24, 2.45) is 5.73 Å². The van der Waals surface area contributed by atoms with Gasteiger partial charge in [0.15, 0.2) is 0 Å². The Balaban J connectivity index is 1.49. The van der Waals surface area contributed by atoms with Crippen molar-refractivity contribution in [3.05, 3.63) is 70.8 Å². The van der Waals surface area contributed by atoms with Crippen molar-refractivity contribution in [1.82, 2.24) is 4.90 Å². The number of carbonyl (C=O) groups excluding carboxylic acids is 1. The zero-order chi connectivity index (χ0) is 17.6. The third kappa shape index (κ3) is 4.47. The third-order valence-corrected chi connectivity index (χ3v) is 4.90. The van der Waals surface area contributed by atoms with Gasteiger partial charge < -0.3 is 15.4 Å². The van der Waals surface area contributed by atoms with Crippen LogP contribution in [0.2, 0.25) is 0 Å². The molecule has 0 radical (unpaired) electrons. The number of amides is 1. The van der Waals surface area contributed by atoms with Crippen LogP contribution in [0.15, 0.2) is 48.5 Å². The van der Waals surface area contributed by atoms with E-state index < -0.39 is 0 Å². The molecule has 2 N–H and O–H groups in total. The summed E-state index contributed by atoms with van der Waals surface area (Å²) in [5, 5.41) is 0. The monoisotopic (exact) mass is 338 g/mol. The Hall–Kier alpha value is -2.17. The lowest BCUT2D eigenvalue weighted by Gasteiger charge is -2.32. The fraction of sp³-hybridized carbons (Fsp3) is 0.381. The molecule has 25 heavy (non-hydrogen) atoms. The van der Waals surface area contributed by atoms with E-state index in [1.54, 1.807) is 0 Å². The number of benzene rings is 2. The molecule has 4 heteroatoms. The predicted octanol–water partition coefficient (Wildman–Crippen LogP) is 3.28. The quantitative estimate of drug-likeness (QED) is 0.910. The van der Waals surface area contributed by atoms with Crippen LogP contribution in [0.1, 0.15) is 39.9 Å². The van der Waals surface area contributed by atoms with Crippen LogP contribution in [-0.2, 0) is 17.9 Å². The molecule has 0 aromatic heterocycles. The Bertz CT molecular complexity index is 704. The van der Waals surface area contributed by atoms with Gasteiger partial charge in [0, 0.05) is 25.2 Å². The van der Waals surface area contributed by atoms with Crippen molar-refractivity contribution < 1.29 is 9.53 Å². The number of carbonyl (C=O) groups is 1. The number of nitrogens with two attached hydrogens (primary N) is 1. The normalized spacial score (nSPS) is 15.4. The van der Waals surface area contributed by atoms with Crippen LogP contribution in [0.25, 0.3) is 0 Å². The molecule has 1 amide bonds. The van der Waals surface area contributed by atoms with Gasteiger partial charge in [-0.1, -0.05) is 36.4 Å². The lowest BCUT2D eigenvalue weighted by molar-refractivity contribution is -0.000539. The van der Waals surface area contributed by atoms with Gasteiger partial charge in [0.1, 0.15) is 0 Å². The van der Waals surface area contributed by atoms with Crippen molar-refractivity contribution in [1.29, 1.82) is 0 Å². The van der Waals surface area contributed by atoms with Gasteiger partial charge in [-0.25, -0.2) is 0 Å². The van der Waals surface area contributed by atoms with Crippen molar-refractivity contribution >= 4 is 5.91 Å². The van der Waals surface area contributed by atoms with Gasteiger partial charge in [-0.05, 0) is 48.6 Å². The van der Waals surface area contributed by atoms with E-state index in [1.807, 2.05) is 41.3 Å². The van der Waals surface area contributed by atoms with E-state index >= 15 is 0 Å². The molecule has 0 unspecified atom stereocenters. The molecule has 3 rings (SSSR count). The molecular weight excluding hydrogens is 312 g/mol. The number of likely N-dealkylation sites (tertiary alicyclic amines) is 1. The number of piperidine rings is 1. The smallest absolute Gasteiger partial charge is 0.253 e. The maximum atomic E-state index is 12.6. The molecule has 0 atom stereocenters. The number of hydrogen-bond donors (Lipinski definition) is 1. The van der Waals surface area contributed by atoms with Gasteiger partial charge in [0.25, 0.3) is 5.91 Å². The lowest BCUT2D eigenvalue weighted by Crippen LogP contribution is -2.40. The highest BCUT2D eigenvalue weighted by Gasteiger charge is 2.24. The van der Waals surface area contributed by atoms with Crippen LogP contribution in [0.4, 0.5) is 0 Å². The van der Waals surface area contributed by atoms with Crippen LogP contribution < -0.4 is 5.73 Å². The largest absolute Gasteiger partial charge is 0.373 e. The second kappa shape index (κ2) is 8.28. The molecule has 1 aliphatic heterocycles. The summed E-state index contributed by atoms with van der Waals surface area (Å²) in [6, 6.07) is 15.9. The molecule has 2 aromatic rings. The van der Waals surface area contributed by atoms with Crippen LogP contribution in [0, 0.1) is 6.92 Å². The van der Waals surface area contributed by atoms with Gasteiger partial charge in [-0.3, -0.25) is 4.79 Å². The minimum atomic E-state index is 0.0981. The van der Waals surface area contributed by atoms with E-state index in [0.29, 0.717) is 13.2 Å². The topological polar surface area (TPSA) is 55.6 Å². The average Bonchev–Trinajstić information content (AvgIpc) is 2.67. The first-order chi connectivity index (χ1) is 12.2. The molecule has 0 saturated carbocycles. The number of hydrogen-bond acceptors (Lipinski definition) is 3. The Morgan fingerprint density at radius 2 is 1.80 bits per heavy atom.